The summed E-state index contributed by atoms with van der Waals surface area (Å²) in [4.78, 5) is 0. The smallest absolute Gasteiger partial charge is 0.233 e. The van der Waals surface area contributed by atoms with E-state index in [1.807, 2.05) is 0 Å². The van der Waals surface area contributed by atoms with Crippen LogP contribution in [0.3, 0.4) is 0 Å². The molecule has 1 rings (SSSR count). The molecule has 5 heteroatoms. The van der Waals surface area contributed by atoms with Crippen LogP contribution in [0.4, 0.5) is 5.82 Å². The average Bonchev–Trinajstić information content (AvgIpc) is 2.15. The Hall–Kier alpha value is -1.36. The van der Waals surface area contributed by atoms with Crippen LogP contribution in [0.1, 0.15) is 6.42 Å². The summed E-state index contributed by atoms with van der Waals surface area (Å²) in [6.45, 7) is 1.26. The Labute approximate surface area is 76.9 Å². The minimum absolute atomic E-state index is 0.393. The van der Waals surface area contributed by atoms with Crippen LogP contribution in [-0.2, 0) is 4.74 Å². The summed E-state index contributed by atoms with van der Waals surface area (Å²) in [5.41, 5.74) is 5.35. The van der Waals surface area contributed by atoms with Gasteiger partial charge in [0.25, 0.3) is 0 Å². The monoisotopic (exact) mass is 183 g/mol. The standard InChI is InChI=1S/C8H13N3O2/c1-12-5-2-6-13-8-4-3-7(9)10-11-8/h3-4H,2,5-6H2,1H3,(H2,9,10). The van der Waals surface area contributed by atoms with Gasteiger partial charge >= 0.3 is 0 Å². The van der Waals surface area contributed by atoms with Crippen LogP contribution in [0.15, 0.2) is 12.1 Å². The molecule has 0 fully saturated rings. The fraction of sp³-hybridized carbons (Fsp3) is 0.500. The minimum Gasteiger partial charge on any atom is -0.477 e. The quantitative estimate of drug-likeness (QED) is 0.672. The van der Waals surface area contributed by atoms with Gasteiger partial charge in [-0.25, -0.2) is 0 Å². The van der Waals surface area contributed by atoms with E-state index in [0.717, 1.165) is 6.42 Å². The molecule has 0 aliphatic rings. The van der Waals surface area contributed by atoms with Gasteiger partial charge in [0.15, 0.2) is 0 Å². The number of nitrogen functional groups attached to an aromatic ring is 1. The lowest BCUT2D eigenvalue weighted by molar-refractivity contribution is 0.170. The van der Waals surface area contributed by atoms with Gasteiger partial charge in [-0.3, -0.25) is 0 Å². The van der Waals surface area contributed by atoms with Gasteiger partial charge in [-0.2, -0.15) is 0 Å². The van der Waals surface area contributed by atoms with Crippen molar-refractivity contribution in [3.63, 3.8) is 0 Å². The van der Waals surface area contributed by atoms with E-state index in [2.05, 4.69) is 10.2 Å². The van der Waals surface area contributed by atoms with Crippen molar-refractivity contribution in [1.29, 1.82) is 0 Å². The van der Waals surface area contributed by atoms with Gasteiger partial charge in [0, 0.05) is 26.2 Å². The summed E-state index contributed by atoms with van der Waals surface area (Å²) < 4.78 is 10.1. The molecule has 13 heavy (non-hydrogen) atoms. The number of nitrogens with two attached hydrogens (primary N) is 1. The number of nitrogens with zero attached hydrogens (tertiary/aromatic N) is 2. The maximum Gasteiger partial charge on any atom is 0.233 e. The highest BCUT2D eigenvalue weighted by molar-refractivity contribution is 5.27. The van der Waals surface area contributed by atoms with Crippen molar-refractivity contribution in [2.24, 2.45) is 0 Å². The van der Waals surface area contributed by atoms with Gasteiger partial charge in [-0.15, -0.1) is 10.2 Å². The third-order valence-corrected chi connectivity index (χ3v) is 1.40. The van der Waals surface area contributed by atoms with E-state index in [9.17, 15) is 0 Å². The van der Waals surface area contributed by atoms with Crippen molar-refractivity contribution in [2.75, 3.05) is 26.1 Å². The Morgan fingerprint density at radius 2 is 2.15 bits per heavy atom. The molecule has 2 N–H and O–H groups in total. The van der Waals surface area contributed by atoms with Crippen molar-refractivity contribution in [2.45, 2.75) is 6.42 Å². The van der Waals surface area contributed by atoms with Crippen LogP contribution in [-0.4, -0.2) is 30.5 Å². The summed E-state index contributed by atoms with van der Waals surface area (Å²) in [5.74, 6) is 0.884. The topological polar surface area (TPSA) is 70.3 Å². The first-order chi connectivity index (χ1) is 6.33. The van der Waals surface area contributed by atoms with Crippen molar-refractivity contribution in [3.05, 3.63) is 12.1 Å². The molecule has 72 valence electrons. The Morgan fingerprint density at radius 3 is 2.77 bits per heavy atom. The van der Waals surface area contributed by atoms with Crippen LogP contribution in [0.25, 0.3) is 0 Å². The van der Waals surface area contributed by atoms with Crippen molar-refractivity contribution >= 4 is 5.82 Å². The number of rotatable bonds is 5. The molecule has 0 bridgehead atoms. The average molecular weight is 183 g/mol. The lowest BCUT2D eigenvalue weighted by Crippen LogP contribution is -2.03. The third-order valence-electron chi connectivity index (χ3n) is 1.40. The van der Waals surface area contributed by atoms with Gasteiger partial charge in [-0.05, 0) is 6.07 Å². The minimum atomic E-state index is 0.393. The van der Waals surface area contributed by atoms with E-state index >= 15 is 0 Å². The zero-order valence-corrected chi connectivity index (χ0v) is 7.56. The lowest BCUT2D eigenvalue weighted by Gasteiger charge is -2.03. The first-order valence-electron chi connectivity index (χ1n) is 4.04. The summed E-state index contributed by atoms with van der Waals surface area (Å²) in [6.07, 6.45) is 0.836. The van der Waals surface area contributed by atoms with Crippen LogP contribution in [0.5, 0.6) is 5.88 Å². The highest BCUT2D eigenvalue weighted by Gasteiger charge is 1.95. The first-order valence-corrected chi connectivity index (χ1v) is 4.04. The molecule has 1 heterocycles. The molecule has 1 aromatic heterocycles. The molecule has 0 unspecified atom stereocenters. The molecule has 0 aromatic carbocycles. The Balaban J connectivity index is 2.25. The molecule has 0 aliphatic carbocycles. The van der Waals surface area contributed by atoms with E-state index in [-0.39, 0.29) is 0 Å². The second-order valence-electron chi connectivity index (χ2n) is 2.49. The molecule has 0 spiro atoms. The normalized spacial score (nSPS) is 9.92. The summed E-state index contributed by atoms with van der Waals surface area (Å²) >= 11 is 0. The van der Waals surface area contributed by atoms with Crippen molar-refractivity contribution in [3.8, 4) is 5.88 Å². The maximum absolute atomic E-state index is 5.35. The molecule has 0 radical (unpaired) electrons. The lowest BCUT2D eigenvalue weighted by atomic mass is 10.5. The van der Waals surface area contributed by atoms with Crippen molar-refractivity contribution in [1.82, 2.24) is 10.2 Å². The van der Waals surface area contributed by atoms with Crippen LogP contribution >= 0.6 is 0 Å². The second-order valence-corrected chi connectivity index (χ2v) is 2.49. The summed E-state index contributed by atoms with van der Waals surface area (Å²) in [5, 5.41) is 7.39. The van der Waals surface area contributed by atoms with Crippen LogP contribution in [0.2, 0.25) is 0 Å². The molecular formula is C8H13N3O2. The Kier molecular flexibility index (Phi) is 3.98. The number of methoxy groups -OCH3 is 1. The molecule has 0 saturated heterocycles. The molecule has 1 aromatic rings. The highest BCUT2D eigenvalue weighted by atomic mass is 16.5. The molecule has 0 aliphatic heterocycles. The van der Waals surface area contributed by atoms with E-state index in [0.29, 0.717) is 24.9 Å². The van der Waals surface area contributed by atoms with Gasteiger partial charge < -0.3 is 15.2 Å². The van der Waals surface area contributed by atoms with Crippen LogP contribution < -0.4 is 10.5 Å². The summed E-state index contributed by atoms with van der Waals surface area (Å²) in [6, 6.07) is 3.34. The molecule has 0 atom stereocenters. The fourth-order valence-electron chi connectivity index (χ4n) is 0.787. The second kappa shape index (κ2) is 5.31. The van der Waals surface area contributed by atoms with Crippen LogP contribution in [0, 0.1) is 0 Å². The molecule has 0 amide bonds. The molecular weight excluding hydrogens is 170 g/mol. The zero-order chi connectivity index (χ0) is 9.52. The highest BCUT2D eigenvalue weighted by Crippen LogP contribution is 2.05. The first kappa shape index (κ1) is 9.73. The number of ether oxygens (including phenoxy) is 2. The van der Waals surface area contributed by atoms with Crippen molar-refractivity contribution < 1.29 is 9.47 Å². The zero-order valence-electron chi connectivity index (χ0n) is 7.56. The van der Waals surface area contributed by atoms with E-state index in [1.165, 1.54) is 0 Å². The number of aromatic nitrogens is 2. The van der Waals surface area contributed by atoms with Gasteiger partial charge in [0.1, 0.15) is 5.82 Å². The number of anilines is 1. The predicted molar refractivity (Wildman–Crippen MR) is 48.4 cm³/mol. The number of hydrogen-bond donors (Lipinski definition) is 1. The largest absolute Gasteiger partial charge is 0.477 e. The van der Waals surface area contributed by atoms with Gasteiger partial charge in [0.2, 0.25) is 5.88 Å². The van der Waals surface area contributed by atoms with E-state index < -0.39 is 0 Å². The van der Waals surface area contributed by atoms with Gasteiger partial charge in [0.05, 0.1) is 6.61 Å². The predicted octanol–water partition coefficient (Wildman–Crippen LogP) is 0.474. The van der Waals surface area contributed by atoms with E-state index in [1.54, 1.807) is 19.2 Å². The van der Waals surface area contributed by atoms with Gasteiger partial charge in [-0.1, -0.05) is 0 Å². The fourth-order valence-corrected chi connectivity index (χ4v) is 0.787. The Bertz CT molecular complexity index is 238. The summed E-state index contributed by atoms with van der Waals surface area (Å²) in [7, 11) is 1.66. The third kappa shape index (κ3) is 3.71. The van der Waals surface area contributed by atoms with E-state index in [4.69, 9.17) is 15.2 Å². The SMILES string of the molecule is COCCCOc1ccc(N)nn1. The maximum atomic E-state index is 5.35. The molecule has 5 nitrogen and oxygen atoms in total. The molecule has 0 saturated carbocycles. The Morgan fingerprint density at radius 1 is 1.31 bits per heavy atom. The number of hydrogen-bond acceptors (Lipinski definition) is 5.